The number of hydrogen-bond acceptors (Lipinski definition) is 2. The minimum Gasteiger partial charge on any atom is -0.310 e. The molecule has 20 heavy (non-hydrogen) atoms. The summed E-state index contributed by atoms with van der Waals surface area (Å²) in [5, 5.41) is 10.7. The van der Waals surface area contributed by atoms with Crippen LogP contribution in [0.1, 0.15) is 38.2 Å². The fraction of sp³-hybridized carbons (Fsp3) is 0.471. The van der Waals surface area contributed by atoms with Crippen LogP contribution in [0.15, 0.2) is 36.5 Å². The molecule has 1 aliphatic carbocycles. The zero-order valence-electron chi connectivity index (χ0n) is 12.1. The molecule has 1 saturated carbocycles. The molecule has 3 nitrogen and oxygen atoms in total. The Labute approximate surface area is 120 Å². The van der Waals surface area contributed by atoms with Crippen molar-refractivity contribution in [3.05, 3.63) is 42.1 Å². The average molecular weight is 269 g/mol. The SMILES string of the molecule is CC1CCC(NCc2ccc(-c3ccn[nH]3)cc2)CC1. The van der Waals surface area contributed by atoms with Crippen molar-refractivity contribution in [3.8, 4) is 11.3 Å². The number of aromatic nitrogens is 2. The normalized spacial score (nSPS) is 22.9. The molecule has 2 aromatic rings. The summed E-state index contributed by atoms with van der Waals surface area (Å²) in [6.07, 6.45) is 7.18. The van der Waals surface area contributed by atoms with Gasteiger partial charge >= 0.3 is 0 Å². The predicted octanol–water partition coefficient (Wildman–Crippen LogP) is 3.75. The number of rotatable bonds is 4. The van der Waals surface area contributed by atoms with Crippen molar-refractivity contribution in [2.24, 2.45) is 5.92 Å². The molecule has 1 fully saturated rings. The molecule has 1 aromatic carbocycles. The number of benzene rings is 1. The van der Waals surface area contributed by atoms with Gasteiger partial charge in [-0.2, -0.15) is 5.10 Å². The molecule has 0 amide bonds. The average Bonchev–Trinajstić information content (AvgIpc) is 3.01. The van der Waals surface area contributed by atoms with Gasteiger partial charge in [0.15, 0.2) is 0 Å². The summed E-state index contributed by atoms with van der Waals surface area (Å²) in [6, 6.07) is 11.4. The van der Waals surface area contributed by atoms with E-state index in [1.165, 1.54) is 36.8 Å². The molecule has 1 aromatic heterocycles. The van der Waals surface area contributed by atoms with Gasteiger partial charge in [0.05, 0.1) is 5.69 Å². The maximum Gasteiger partial charge on any atom is 0.0650 e. The van der Waals surface area contributed by atoms with Crippen molar-refractivity contribution in [1.82, 2.24) is 15.5 Å². The Balaban J connectivity index is 1.53. The fourth-order valence-corrected chi connectivity index (χ4v) is 2.95. The van der Waals surface area contributed by atoms with Gasteiger partial charge in [-0.25, -0.2) is 0 Å². The first-order valence-electron chi connectivity index (χ1n) is 7.63. The zero-order valence-corrected chi connectivity index (χ0v) is 12.1. The van der Waals surface area contributed by atoms with Crippen LogP contribution in [0.25, 0.3) is 11.3 Å². The Kier molecular flexibility index (Phi) is 4.16. The zero-order chi connectivity index (χ0) is 13.8. The van der Waals surface area contributed by atoms with Crippen molar-refractivity contribution in [2.75, 3.05) is 0 Å². The summed E-state index contributed by atoms with van der Waals surface area (Å²) in [7, 11) is 0. The van der Waals surface area contributed by atoms with Gasteiger partial charge in [-0.1, -0.05) is 31.2 Å². The van der Waals surface area contributed by atoms with Crippen LogP contribution in [0, 0.1) is 5.92 Å². The Morgan fingerprint density at radius 1 is 1.10 bits per heavy atom. The Morgan fingerprint density at radius 2 is 1.85 bits per heavy atom. The molecule has 0 radical (unpaired) electrons. The molecule has 1 aliphatic rings. The van der Waals surface area contributed by atoms with Crippen LogP contribution in [0.5, 0.6) is 0 Å². The first-order valence-corrected chi connectivity index (χ1v) is 7.63. The van der Waals surface area contributed by atoms with Crippen molar-refractivity contribution in [1.29, 1.82) is 0 Å². The molecular formula is C17H23N3. The first-order chi connectivity index (χ1) is 9.81. The monoisotopic (exact) mass is 269 g/mol. The molecule has 106 valence electrons. The summed E-state index contributed by atoms with van der Waals surface area (Å²) in [4.78, 5) is 0. The van der Waals surface area contributed by atoms with Gasteiger partial charge in [-0.05, 0) is 48.8 Å². The van der Waals surface area contributed by atoms with Crippen LogP contribution in [-0.4, -0.2) is 16.2 Å². The van der Waals surface area contributed by atoms with Crippen LogP contribution >= 0.6 is 0 Å². The topological polar surface area (TPSA) is 40.7 Å². The van der Waals surface area contributed by atoms with Crippen molar-refractivity contribution in [2.45, 2.75) is 45.2 Å². The second kappa shape index (κ2) is 6.23. The predicted molar refractivity (Wildman–Crippen MR) is 82.3 cm³/mol. The number of aromatic amines is 1. The number of hydrogen-bond donors (Lipinski definition) is 2. The summed E-state index contributed by atoms with van der Waals surface area (Å²) >= 11 is 0. The van der Waals surface area contributed by atoms with Crippen LogP contribution in [0.2, 0.25) is 0 Å². The third-order valence-corrected chi connectivity index (χ3v) is 4.38. The van der Waals surface area contributed by atoms with E-state index < -0.39 is 0 Å². The lowest BCUT2D eigenvalue weighted by atomic mass is 9.87. The van der Waals surface area contributed by atoms with Crippen LogP contribution in [0.3, 0.4) is 0 Å². The number of H-pyrrole nitrogens is 1. The largest absolute Gasteiger partial charge is 0.310 e. The van der Waals surface area contributed by atoms with Gasteiger partial charge in [0.25, 0.3) is 0 Å². The second-order valence-electron chi connectivity index (χ2n) is 6.00. The van der Waals surface area contributed by atoms with E-state index in [1.54, 1.807) is 6.20 Å². The third kappa shape index (κ3) is 3.28. The van der Waals surface area contributed by atoms with E-state index in [9.17, 15) is 0 Å². The third-order valence-electron chi connectivity index (χ3n) is 4.38. The molecular weight excluding hydrogens is 246 g/mol. The highest BCUT2D eigenvalue weighted by Gasteiger charge is 2.17. The minimum atomic E-state index is 0.707. The molecule has 0 aliphatic heterocycles. The lowest BCUT2D eigenvalue weighted by Gasteiger charge is -2.27. The van der Waals surface area contributed by atoms with Crippen molar-refractivity contribution in [3.63, 3.8) is 0 Å². The van der Waals surface area contributed by atoms with Crippen LogP contribution in [-0.2, 0) is 6.54 Å². The van der Waals surface area contributed by atoms with Gasteiger partial charge in [-0.3, -0.25) is 5.10 Å². The first kappa shape index (κ1) is 13.4. The van der Waals surface area contributed by atoms with E-state index in [2.05, 4.69) is 46.7 Å². The van der Waals surface area contributed by atoms with Crippen molar-refractivity contribution < 1.29 is 0 Å². The molecule has 2 N–H and O–H groups in total. The highest BCUT2D eigenvalue weighted by atomic mass is 15.1. The van der Waals surface area contributed by atoms with Crippen LogP contribution in [0.4, 0.5) is 0 Å². The standard InChI is InChI=1S/C17H23N3/c1-13-2-8-16(9-3-13)18-12-14-4-6-15(7-5-14)17-10-11-19-20-17/h4-7,10-11,13,16,18H,2-3,8-9,12H2,1H3,(H,19,20). The summed E-state index contributed by atoms with van der Waals surface area (Å²) < 4.78 is 0. The van der Waals surface area contributed by atoms with E-state index in [0.717, 1.165) is 18.2 Å². The number of nitrogens with one attached hydrogen (secondary N) is 2. The maximum absolute atomic E-state index is 3.99. The van der Waals surface area contributed by atoms with Gasteiger partial charge in [-0.15, -0.1) is 0 Å². The Hall–Kier alpha value is -1.61. The quantitative estimate of drug-likeness (QED) is 0.887. The van der Waals surface area contributed by atoms with Gasteiger partial charge in [0.2, 0.25) is 0 Å². The summed E-state index contributed by atoms with van der Waals surface area (Å²) in [5.74, 6) is 0.918. The van der Waals surface area contributed by atoms with E-state index >= 15 is 0 Å². The molecule has 0 saturated heterocycles. The van der Waals surface area contributed by atoms with Crippen LogP contribution < -0.4 is 5.32 Å². The van der Waals surface area contributed by atoms with Gasteiger partial charge in [0, 0.05) is 18.8 Å². The molecule has 0 bridgehead atoms. The molecule has 0 spiro atoms. The van der Waals surface area contributed by atoms with Crippen molar-refractivity contribution >= 4 is 0 Å². The van der Waals surface area contributed by atoms with E-state index in [0.29, 0.717) is 6.04 Å². The molecule has 0 unspecified atom stereocenters. The maximum atomic E-state index is 3.99. The molecule has 3 rings (SSSR count). The fourth-order valence-electron chi connectivity index (χ4n) is 2.95. The van der Waals surface area contributed by atoms with Gasteiger partial charge < -0.3 is 5.32 Å². The molecule has 3 heteroatoms. The lowest BCUT2D eigenvalue weighted by molar-refractivity contribution is 0.306. The highest BCUT2D eigenvalue weighted by Crippen LogP contribution is 2.23. The Bertz CT molecular complexity index is 508. The molecule has 1 heterocycles. The summed E-state index contributed by atoms with van der Waals surface area (Å²) in [6.45, 7) is 3.34. The molecule has 0 atom stereocenters. The number of nitrogens with zero attached hydrogens (tertiary/aromatic N) is 1. The summed E-state index contributed by atoms with van der Waals surface area (Å²) in [5.41, 5.74) is 3.62. The minimum absolute atomic E-state index is 0.707. The van der Waals surface area contributed by atoms with E-state index in [4.69, 9.17) is 0 Å². The lowest BCUT2D eigenvalue weighted by Crippen LogP contribution is -2.32. The second-order valence-corrected chi connectivity index (χ2v) is 6.00. The van der Waals surface area contributed by atoms with E-state index in [1.807, 2.05) is 6.07 Å². The van der Waals surface area contributed by atoms with Gasteiger partial charge in [0.1, 0.15) is 0 Å². The van der Waals surface area contributed by atoms with E-state index in [-0.39, 0.29) is 0 Å². The smallest absolute Gasteiger partial charge is 0.0650 e. The Morgan fingerprint density at radius 3 is 2.50 bits per heavy atom. The highest BCUT2D eigenvalue weighted by molar-refractivity contribution is 5.58.